The van der Waals surface area contributed by atoms with Crippen molar-refractivity contribution in [3.63, 3.8) is 0 Å². The van der Waals surface area contributed by atoms with Gasteiger partial charge < -0.3 is 4.74 Å². The Hall–Kier alpha value is -1.64. The summed E-state index contributed by atoms with van der Waals surface area (Å²) < 4.78 is 4.84. The number of ether oxygens (including phenoxy) is 1. The van der Waals surface area contributed by atoms with Crippen molar-refractivity contribution in [2.24, 2.45) is 0 Å². The van der Waals surface area contributed by atoms with E-state index in [2.05, 4.69) is 0 Å². The van der Waals surface area contributed by atoms with Gasteiger partial charge in [0.05, 0.1) is 18.4 Å². The van der Waals surface area contributed by atoms with Gasteiger partial charge in [0.25, 0.3) is 0 Å². The maximum atomic E-state index is 12.2. The second-order valence-corrected chi connectivity index (χ2v) is 4.68. The lowest BCUT2D eigenvalue weighted by molar-refractivity contribution is -0.144. The van der Waals surface area contributed by atoms with Crippen LogP contribution >= 0.6 is 0 Å². The minimum Gasteiger partial charge on any atom is -0.466 e. The number of hydrogen-bond donors (Lipinski definition) is 0. The Kier molecular flexibility index (Phi) is 3.80. The predicted octanol–water partition coefficient (Wildman–Crippen LogP) is 2.63. The second kappa shape index (κ2) is 5.34. The molecule has 0 amide bonds. The predicted molar refractivity (Wildman–Crippen MR) is 68.2 cm³/mol. The number of ketones is 1. The molecule has 0 atom stereocenters. The second-order valence-electron chi connectivity index (χ2n) is 4.68. The summed E-state index contributed by atoms with van der Waals surface area (Å²) in [5.74, 6) is -0.114. The summed E-state index contributed by atoms with van der Waals surface area (Å²) in [4.78, 5) is 23.5. The van der Waals surface area contributed by atoms with Gasteiger partial charge in [-0.1, -0.05) is 30.3 Å². The quantitative estimate of drug-likeness (QED) is 0.725. The molecule has 1 saturated carbocycles. The first kappa shape index (κ1) is 12.8. The molecule has 0 radical (unpaired) electrons. The molecule has 3 nitrogen and oxygen atoms in total. The van der Waals surface area contributed by atoms with E-state index in [0.29, 0.717) is 6.61 Å². The number of carbonyl (C=O) groups is 2. The highest BCUT2D eigenvalue weighted by Crippen LogP contribution is 2.49. The lowest BCUT2D eigenvalue weighted by atomic mass is 9.89. The average Bonchev–Trinajstić information content (AvgIpc) is 3.19. The Morgan fingerprint density at radius 1 is 1.17 bits per heavy atom. The van der Waals surface area contributed by atoms with Gasteiger partial charge in [-0.15, -0.1) is 0 Å². The smallest absolute Gasteiger partial charge is 0.306 e. The number of benzene rings is 1. The molecule has 18 heavy (non-hydrogen) atoms. The maximum absolute atomic E-state index is 12.2. The molecule has 1 fully saturated rings. The van der Waals surface area contributed by atoms with Crippen LogP contribution in [0.25, 0.3) is 0 Å². The fraction of sp³-hybridized carbons (Fsp3) is 0.467. The van der Waals surface area contributed by atoms with Crippen LogP contribution < -0.4 is 0 Å². The van der Waals surface area contributed by atoms with Gasteiger partial charge in [0.2, 0.25) is 0 Å². The van der Waals surface area contributed by atoms with Crippen LogP contribution in [0.3, 0.4) is 0 Å². The van der Waals surface area contributed by atoms with Crippen molar-refractivity contribution >= 4 is 11.8 Å². The van der Waals surface area contributed by atoms with Gasteiger partial charge in [0.1, 0.15) is 5.78 Å². The van der Waals surface area contributed by atoms with Crippen molar-refractivity contribution in [3.8, 4) is 0 Å². The average molecular weight is 246 g/mol. The van der Waals surface area contributed by atoms with Crippen LogP contribution in [0.1, 0.15) is 38.2 Å². The van der Waals surface area contributed by atoms with Crippen molar-refractivity contribution in [2.75, 3.05) is 6.61 Å². The Balaban J connectivity index is 1.95. The largest absolute Gasteiger partial charge is 0.466 e. The zero-order valence-electron chi connectivity index (χ0n) is 10.6. The third kappa shape index (κ3) is 2.61. The molecule has 1 aliphatic carbocycles. The fourth-order valence-electron chi connectivity index (χ4n) is 2.30. The van der Waals surface area contributed by atoms with Crippen molar-refractivity contribution in [1.29, 1.82) is 0 Å². The molecule has 1 aliphatic rings. The zero-order chi connectivity index (χ0) is 13.0. The molecule has 1 aromatic rings. The highest BCUT2D eigenvalue weighted by molar-refractivity contribution is 5.94. The van der Waals surface area contributed by atoms with E-state index in [0.717, 1.165) is 18.4 Å². The first-order valence-electron chi connectivity index (χ1n) is 6.43. The molecular formula is C15H18O3. The SMILES string of the molecule is CCOC(=O)CCC(=O)C1(c2ccccc2)CC1. The number of hydrogen-bond acceptors (Lipinski definition) is 3. The molecule has 0 bridgehead atoms. The standard InChI is InChI=1S/C15H18O3/c1-2-18-14(17)9-8-13(16)15(10-11-15)12-6-4-3-5-7-12/h3-7H,2,8-11H2,1H3. The summed E-state index contributed by atoms with van der Waals surface area (Å²) in [6.45, 7) is 2.14. The first-order valence-corrected chi connectivity index (χ1v) is 6.43. The number of esters is 1. The van der Waals surface area contributed by atoms with Crippen molar-refractivity contribution < 1.29 is 14.3 Å². The molecular weight excluding hydrogens is 228 g/mol. The summed E-state index contributed by atoms with van der Waals surface area (Å²) in [6, 6.07) is 9.84. The Morgan fingerprint density at radius 2 is 1.83 bits per heavy atom. The summed E-state index contributed by atoms with van der Waals surface area (Å²) in [5, 5.41) is 0. The molecule has 0 heterocycles. The zero-order valence-corrected chi connectivity index (χ0v) is 10.6. The molecule has 0 spiro atoms. The molecule has 0 aromatic heterocycles. The first-order chi connectivity index (χ1) is 8.69. The van der Waals surface area contributed by atoms with E-state index in [1.807, 2.05) is 30.3 Å². The number of Topliss-reactive ketones (excluding diaryl/α,β-unsaturated/α-hetero) is 1. The van der Waals surface area contributed by atoms with Crippen molar-refractivity contribution in [2.45, 2.75) is 38.0 Å². The summed E-state index contributed by atoms with van der Waals surface area (Å²) in [6.07, 6.45) is 2.28. The third-order valence-corrected chi connectivity index (χ3v) is 3.47. The molecule has 0 unspecified atom stereocenters. The fourth-order valence-corrected chi connectivity index (χ4v) is 2.30. The van der Waals surface area contributed by atoms with Gasteiger partial charge in [-0.2, -0.15) is 0 Å². The van der Waals surface area contributed by atoms with Crippen molar-refractivity contribution in [3.05, 3.63) is 35.9 Å². The molecule has 0 N–H and O–H groups in total. The summed E-state index contributed by atoms with van der Waals surface area (Å²) in [7, 11) is 0. The van der Waals surface area contributed by atoms with E-state index < -0.39 is 0 Å². The van der Waals surface area contributed by atoms with Gasteiger partial charge in [0, 0.05) is 6.42 Å². The maximum Gasteiger partial charge on any atom is 0.306 e. The van der Waals surface area contributed by atoms with Crippen molar-refractivity contribution in [1.82, 2.24) is 0 Å². The number of rotatable bonds is 6. The molecule has 0 aliphatic heterocycles. The lowest BCUT2D eigenvalue weighted by Gasteiger charge is -2.14. The molecule has 3 heteroatoms. The van der Waals surface area contributed by atoms with Crippen LogP contribution in [0.4, 0.5) is 0 Å². The van der Waals surface area contributed by atoms with Crippen LogP contribution in [-0.4, -0.2) is 18.4 Å². The van der Waals surface area contributed by atoms with Gasteiger partial charge in [-0.25, -0.2) is 0 Å². The highest BCUT2D eigenvalue weighted by atomic mass is 16.5. The van der Waals surface area contributed by atoms with E-state index in [-0.39, 0.29) is 30.0 Å². The molecule has 0 saturated heterocycles. The molecule has 1 aromatic carbocycles. The Morgan fingerprint density at radius 3 is 2.39 bits per heavy atom. The summed E-state index contributed by atoms with van der Waals surface area (Å²) >= 11 is 0. The van der Waals surface area contributed by atoms with E-state index >= 15 is 0 Å². The topological polar surface area (TPSA) is 43.4 Å². The minimum atomic E-state index is -0.312. The van der Waals surface area contributed by atoms with Crippen LogP contribution in [0, 0.1) is 0 Å². The molecule has 2 rings (SSSR count). The normalized spacial score (nSPS) is 16.1. The van der Waals surface area contributed by atoms with E-state index in [9.17, 15) is 9.59 Å². The van der Waals surface area contributed by atoms with Crippen LogP contribution in [0.5, 0.6) is 0 Å². The van der Waals surface area contributed by atoms with Crippen LogP contribution in [-0.2, 0) is 19.7 Å². The van der Waals surface area contributed by atoms with Gasteiger partial charge >= 0.3 is 5.97 Å². The molecule has 96 valence electrons. The monoisotopic (exact) mass is 246 g/mol. The minimum absolute atomic E-state index is 0.168. The van der Waals surface area contributed by atoms with Gasteiger partial charge in [0.15, 0.2) is 0 Å². The van der Waals surface area contributed by atoms with Crippen LogP contribution in [0.15, 0.2) is 30.3 Å². The Labute approximate surface area is 107 Å². The van der Waals surface area contributed by atoms with Crippen LogP contribution in [0.2, 0.25) is 0 Å². The third-order valence-electron chi connectivity index (χ3n) is 3.47. The highest BCUT2D eigenvalue weighted by Gasteiger charge is 2.50. The van der Waals surface area contributed by atoms with Gasteiger partial charge in [-0.3, -0.25) is 9.59 Å². The lowest BCUT2D eigenvalue weighted by Crippen LogP contribution is -2.21. The van der Waals surface area contributed by atoms with E-state index in [1.165, 1.54) is 0 Å². The van der Waals surface area contributed by atoms with Gasteiger partial charge in [-0.05, 0) is 25.3 Å². The number of carbonyl (C=O) groups excluding carboxylic acids is 2. The summed E-state index contributed by atoms with van der Waals surface area (Å²) in [5.41, 5.74) is 0.771. The van der Waals surface area contributed by atoms with E-state index in [4.69, 9.17) is 4.74 Å². The Bertz CT molecular complexity index is 432. The van der Waals surface area contributed by atoms with E-state index in [1.54, 1.807) is 6.92 Å².